The molecule has 0 bridgehead atoms. The average molecular weight is 262 g/mol. The highest BCUT2D eigenvalue weighted by Crippen LogP contribution is 2.35. The van der Waals surface area contributed by atoms with Gasteiger partial charge in [0.05, 0.1) is 7.11 Å². The van der Waals surface area contributed by atoms with Crippen LogP contribution in [0.3, 0.4) is 0 Å². The summed E-state index contributed by atoms with van der Waals surface area (Å²) in [4.78, 5) is 2.54. The molecule has 2 aliphatic heterocycles. The topological polar surface area (TPSA) is 44.7 Å². The second-order valence-electron chi connectivity index (χ2n) is 5.74. The van der Waals surface area contributed by atoms with E-state index in [1.165, 1.54) is 18.7 Å². The third kappa shape index (κ3) is 2.30. The first-order valence-corrected chi connectivity index (χ1v) is 7.00. The fourth-order valence-electron chi connectivity index (χ4n) is 3.37. The van der Waals surface area contributed by atoms with Gasteiger partial charge in [-0.3, -0.25) is 4.90 Å². The Morgan fingerprint density at radius 2 is 2.00 bits per heavy atom. The van der Waals surface area contributed by atoms with E-state index in [1.807, 2.05) is 12.1 Å². The van der Waals surface area contributed by atoms with Crippen molar-refractivity contribution in [2.75, 3.05) is 33.3 Å². The number of aromatic hydroxyl groups is 1. The molecular formula is C15H22N2O2. The number of phenols is 1. The minimum absolute atomic E-state index is 0.209. The molecular weight excluding hydrogens is 240 g/mol. The van der Waals surface area contributed by atoms with Gasteiger partial charge < -0.3 is 15.2 Å². The summed E-state index contributed by atoms with van der Waals surface area (Å²) in [5, 5.41) is 13.1. The maximum Gasteiger partial charge on any atom is 0.160 e. The Bertz CT molecular complexity index is 451. The van der Waals surface area contributed by atoms with Crippen molar-refractivity contribution in [3.63, 3.8) is 0 Å². The monoisotopic (exact) mass is 262 g/mol. The first-order valence-electron chi connectivity index (χ1n) is 7.00. The van der Waals surface area contributed by atoms with E-state index in [0.717, 1.165) is 24.9 Å². The van der Waals surface area contributed by atoms with Crippen molar-refractivity contribution >= 4 is 0 Å². The van der Waals surface area contributed by atoms with Gasteiger partial charge >= 0.3 is 0 Å². The van der Waals surface area contributed by atoms with Crippen LogP contribution < -0.4 is 10.1 Å². The number of nitrogens with one attached hydrogen (secondary N) is 1. The predicted molar refractivity (Wildman–Crippen MR) is 74.5 cm³/mol. The summed E-state index contributed by atoms with van der Waals surface area (Å²) in [7, 11) is 1.59. The van der Waals surface area contributed by atoms with Crippen LogP contribution in [0.5, 0.6) is 11.5 Å². The fourth-order valence-corrected chi connectivity index (χ4v) is 3.37. The fraction of sp³-hybridized carbons (Fsp3) is 0.600. The summed E-state index contributed by atoms with van der Waals surface area (Å²) >= 11 is 0. The number of rotatable bonds is 3. The van der Waals surface area contributed by atoms with Crippen molar-refractivity contribution in [1.82, 2.24) is 10.2 Å². The lowest BCUT2D eigenvalue weighted by molar-refractivity contribution is 0.243. The van der Waals surface area contributed by atoms with E-state index in [1.54, 1.807) is 13.2 Å². The molecule has 1 unspecified atom stereocenters. The summed E-state index contributed by atoms with van der Waals surface area (Å²) in [6.07, 6.45) is 0. The van der Waals surface area contributed by atoms with Crippen molar-refractivity contribution in [3.05, 3.63) is 23.8 Å². The lowest BCUT2D eigenvalue weighted by Crippen LogP contribution is -2.28. The second kappa shape index (κ2) is 5.02. The Kier molecular flexibility index (Phi) is 3.37. The molecule has 1 aromatic carbocycles. The Morgan fingerprint density at radius 1 is 1.32 bits per heavy atom. The van der Waals surface area contributed by atoms with Gasteiger partial charge in [0.15, 0.2) is 11.5 Å². The Hall–Kier alpha value is -1.26. The summed E-state index contributed by atoms with van der Waals surface area (Å²) < 4.78 is 5.19. The second-order valence-corrected chi connectivity index (χ2v) is 5.74. The summed E-state index contributed by atoms with van der Waals surface area (Å²) in [5.74, 6) is 2.38. The molecule has 4 heteroatoms. The van der Waals surface area contributed by atoms with Crippen molar-refractivity contribution < 1.29 is 9.84 Å². The highest BCUT2D eigenvalue weighted by Gasteiger charge is 2.37. The molecule has 0 spiro atoms. The maximum absolute atomic E-state index is 9.67. The molecule has 2 heterocycles. The number of fused-ring (bicyclic) bond motifs is 1. The number of phenolic OH excluding ortho intramolecular Hbond substituents is 1. The van der Waals surface area contributed by atoms with E-state index in [-0.39, 0.29) is 5.75 Å². The zero-order chi connectivity index (χ0) is 13.4. The molecule has 0 radical (unpaired) electrons. The van der Waals surface area contributed by atoms with Crippen LogP contribution in [-0.4, -0.2) is 43.3 Å². The summed E-state index contributed by atoms with van der Waals surface area (Å²) in [6, 6.07) is 6.05. The van der Waals surface area contributed by atoms with E-state index in [2.05, 4.69) is 17.1 Å². The van der Waals surface area contributed by atoms with E-state index in [4.69, 9.17) is 4.74 Å². The number of nitrogens with zero attached hydrogens (tertiary/aromatic N) is 1. The largest absolute Gasteiger partial charge is 0.504 e. The van der Waals surface area contributed by atoms with Crippen molar-refractivity contribution in [1.29, 1.82) is 0 Å². The van der Waals surface area contributed by atoms with Crippen LogP contribution in [-0.2, 0) is 0 Å². The van der Waals surface area contributed by atoms with Gasteiger partial charge in [-0.15, -0.1) is 0 Å². The third-order valence-corrected chi connectivity index (χ3v) is 4.65. The molecule has 4 nitrogen and oxygen atoms in total. The van der Waals surface area contributed by atoms with Crippen LogP contribution in [0.25, 0.3) is 0 Å². The van der Waals surface area contributed by atoms with Gasteiger partial charge in [0.25, 0.3) is 0 Å². The molecule has 3 atom stereocenters. The van der Waals surface area contributed by atoms with E-state index >= 15 is 0 Å². The van der Waals surface area contributed by atoms with Crippen LogP contribution in [0.4, 0.5) is 0 Å². The highest BCUT2D eigenvalue weighted by molar-refractivity contribution is 5.42. The van der Waals surface area contributed by atoms with Crippen LogP contribution >= 0.6 is 0 Å². The number of likely N-dealkylation sites (tertiary alicyclic amines) is 1. The lowest BCUT2D eigenvalue weighted by atomic mass is 10.0. The number of hydrogen-bond acceptors (Lipinski definition) is 4. The van der Waals surface area contributed by atoms with Crippen LogP contribution in [0.1, 0.15) is 18.5 Å². The molecule has 0 saturated carbocycles. The van der Waals surface area contributed by atoms with Crippen molar-refractivity contribution in [2.45, 2.75) is 13.0 Å². The molecule has 19 heavy (non-hydrogen) atoms. The Labute approximate surface area is 114 Å². The maximum atomic E-state index is 9.67. The normalized spacial score (nSPS) is 28.3. The minimum atomic E-state index is 0.209. The summed E-state index contributed by atoms with van der Waals surface area (Å²) in [6.45, 7) is 6.89. The molecule has 104 valence electrons. The molecule has 2 saturated heterocycles. The molecule has 1 aromatic rings. The molecule has 0 aliphatic carbocycles. The van der Waals surface area contributed by atoms with Gasteiger partial charge in [-0.05, 0) is 49.5 Å². The highest BCUT2D eigenvalue weighted by atomic mass is 16.5. The lowest BCUT2D eigenvalue weighted by Gasteiger charge is -2.26. The SMILES string of the molecule is COc1cc(C(C)N2C[C@H]3CNC[C@H]3C2)ccc1O. The van der Waals surface area contributed by atoms with Gasteiger partial charge in [-0.1, -0.05) is 6.07 Å². The predicted octanol–water partition coefficient (Wildman–Crippen LogP) is 1.61. The van der Waals surface area contributed by atoms with E-state index in [9.17, 15) is 5.11 Å². The number of methoxy groups -OCH3 is 1. The van der Waals surface area contributed by atoms with E-state index < -0.39 is 0 Å². The van der Waals surface area contributed by atoms with Crippen LogP contribution in [0.2, 0.25) is 0 Å². The van der Waals surface area contributed by atoms with Gasteiger partial charge in [-0.25, -0.2) is 0 Å². The van der Waals surface area contributed by atoms with Gasteiger partial charge in [0, 0.05) is 19.1 Å². The van der Waals surface area contributed by atoms with E-state index in [0.29, 0.717) is 11.8 Å². The van der Waals surface area contributed by atoms with Crippen molar-refractivity contribution in [3.8, 4) is 11.5 Å². The minimum Gasteiger partial charge on any atom is -0.504 e. The Morgan fingerprint density at radius 3 is 2.63 bits per heavy atom. The quantitative estimate of drug-likeness (QED) is 0.869. The standard InChI is InChI=1S/C15H22N2O2/c1-10(11-3-4-14(18)15(5-11)19-2)17-8-12-6-16-7-13(12)9-17/h3-5,10,12-13,16,18H,6-9H2,1-2H3/t10?,12-,13+. The molecule has 0 amide bonds. The first kappa shape index (κ1) is 12.8. The zero-order valence-electron chi connectivity index (χ0n) is 11.6. The summed E-state index contributed by atoms with van der Waals surface area (Å²) in [5.41, 5.74) is 1.21. The Balaban J connectivity index is 1.75. The van der Waals surface area contributed by atoms with Crippen molar-refractivity contribution in [2.24, 2.45) is 11.8 Å². The van der Waals surface area contributed by atoms with Gasteiger partial charge in [-0.2, -0.15) is 0 Å². The van der Waals surface area contributed by atoms with Crippen LogP contribution in [0.15, 0.2) is 18.2 Å². The zero-order valence-corrected chi connectivity index (χ0v) is 11.6. The smallest absolute Gasteiger partial charge is 0.160 e. The molecule has 2 fully saturated rings. The molecule has 0 aromatic heterocycles. The number of benzene rings is 1. The molecule has 2 aliphatic rings. The van der Waals surface area contributed by atoms with Crippen LogP contribution in [0, 0.1) is 11.8 Å². The average Bonchev–Trinajstić information content (AvgIpc) is 2.99. The molecule has 3 rings (SSSR count). The van der Waals surface area contributed by atoms with Gasteiger partial charge in [0.2, 0.25) is 0 Å². The first-order chi connectivity index (χ1) is 9.19. The third-order valence-electron chi connectivity index (χ3n) is 4.65. The number of ether oxygens (including phenoxy) is 1. The molecule has 2 N–H and O–H groups in total. The van der Waals surface area contributed by atoms with Gasteiger partial charge in [0.1, 0.15) is 0 Å². The number of hydrogen-bond donors (Lipinski definition) is 2.